The van der Waals surface area contributed by atoms with Crippen molar-refractivity contribution < 1.29 is 4.79 Å². The number of amides is 1. The number of pyridine rings is 1. The van der Waals surface area contributed by atoms with Crippen molar-refractivity contribution in [3.05, 3.63) is 68.7 Å². The van der Waals surface area contributed by atoms with Crippen LogP contribution >= 0.6 is 34.4 Å². The summed E-state index contributed by atoms with van der Waals surface area (Å²) in [4.78, 5) is 19.4. The molecule has 134 valence electrons. The Morgan fingerprint density at radius 3 is 2.85 bits per heavy atom. The first-order valence-electron chi connectivity index (χ1n) is 8.21. The average molecular weight is 411 g/mol. The normalized spacial score (nSPS) is 16.2. The highest BCUT2D eigenvalue weighted by Gasteiger charge is 2.34. The summed E-state index contributed by atoms with van der Waals surface area (Å²) in [7, 11) is 0. The standard InChI is InChI=1S/C19H14N4OS3/c20-11-13-4-1-7-21-19(13)27-12-18(24)23-15(17-6-3-9-26-17)10-14(22-23)16-5-2-8-25-16/h1-9,15H,10,12H2. The Hall–Kier alpha value is -2.47. The van der Waals surface area contributed by atoms with Crippen molar-refractivity contribution in [1.82, 2.24) is 9.99 Å². The summed E-state index contributed by atoms with van der Waals surface area (Å²) in [6.45, 7) is 0. The fourth-order valence-corrected chi connectivity index (χ4v) is 5.15. The first-order chi connectivity index (χ1) is 13.3. The molecule has 1 amide bonds. The van der Waals surface area contributed by atoms with E-state index in [1.54, 1.807) is 46.0 Å². The Bertz CT molecular complexity index is 1010. The van der Waals surface area contributed by atoms with Crippen LogP contribution in [-0.2, 0) is 4.79 Å². The quantitative estimate of drug-likeness (QED) is 0.579. The van der Waals surface area contributed by atoms with Crippen LogP contribution in [0.25, 0.3) is 0 Å². The number of hydrogen-bond acceptors (Lipinski definition) is 7. The zero-order chi connectivity index (χ0) is 18.6. The number of nitrogens with zero attached hydrogens (tertiary/aromatic N) is 4. The largest absolute Gasteiger partial charge is 0.272 e. The van der Waals surface area contributed by atoms with Crippen LogP contribution in [0.3, 0.4) is 0 Å². The highest BCUT2D eigenvalue weighted by atomic mass is 32.2. The molecule has 1 unspecified atom stereocenters. The van der Waals surface area contributed by atoms with Gasteiger partial charge in [-0.05, 0) is 35.0 Å². The summed E-state index contributed by atoms with van der Waals surface area (Å²) in [6.07, 6.45) is 2.34. The molecule has 0 aliphatic carbocycles. The van der Waals surface area contributed by atoms with E-state index in [0.29, 0.717) is 17.0 Å². The third-order valence-corrected chi connectivity index (χ3v) is 6.95. The lowest BCUT2D eigenvalue weighted by atomic mass is 10.1. The van der Waals surface area contributed by atoms with Crippen LogP contribution in [0.4, 0.5) is 0 Å². The van der Waals surface area contributed by atoms with Crippen molar-refractivity contribution >= 4 is 46.1 Å². The van der Waals surface area contributed by atoms with Gasteiger partial charge in [0.1, 0.15) is 11.1 Å². The summed E-state index contributed by atoms with van der Waals surface area (Å²) < 4.78 is 0. The van der Waals surface area contributed by atoms with Gasteiger partial charge in [0.2, 0.25) is 0 Å². The van der Waals surface area contributed by atoms with Gasteiger partial charge in [0.05, 0.1) is 27.9 Å². The molecule has 27 heavy (non-hydrogen) atoms. The number of carbonyl (C=O) groups is 1. The van der Waals surface area contributed by atoms with Gasteiger partial charge in [-0.25, -0.2) is 9.99 Å². The monoisotopic (exact) mass is 410 g/mol. The highest BCUT2D eigenvalue weighted by Crippen LogP contribution is 2.36. The Kier molecular flexibility index (Phi) is 5.34. The molecule has 3 aromatic rings. The van der Waals surface area contributed by atoms with Crippen LogP contribution < -0.4 is 0 Å². The molecule has 0 spiro atoms. The number of aromatic nitrogens is 1. The van der Waals surface area contributed by atoms with Crippen molar-refractivity contribution in [2.75, 3.05) is 5.75 Å². The molecule has 1 atom stereocenters. The van der Waals surface area contributed by atoms with Gasteiger partial charge in [-0.1, -0.05) is 23.9 Å². The third kappa shape index (κ3) is 3.81. The minimum absolute atomic E-state index is 0.0747. The Balaban J connectivity index is 1.55. The third-order valence-electron chi connectivity index (χ3n) is 4.07. The van der Waals surface area contributed by atoms with Crippen LogP contribution in [0.1, 0.15) is 27.8 Å². The summed E-state index contributed by atoms with van der Waals surface area (Å²) in [5.41, 5.74) is 1.42. The first kappa shape index (κ1) is 17.9. The number of thioether (sulfide) groups is 1. The summed E-state index contributed by atoms with van der Waals surface area (Å²) in [5.74, 6) is 0.105. The topological polar surface area (TPSA) is 69.3 Å². The predicted octanol–water partition coefficient (Wildman–Crippen LogP) is 4.55. The van der Waals surface area contributed by atoms with Crippen LogP contribution in [0.5, 0.6) is 0 Å². The minimum atomic E-state index is -0.0838. The average Bonchev–Trinajstić information content (AvgIpc) is 3.46. The van der Waals surface area contributed by atoms with Gasteiger partial charge in [0.25, 0.3) is 5.91 Å². The maximum Gasteiger partial charge on any atom is 0.253 e. The smallest absolute Gasteiger partial charge is 0.253 e. The number of hydrazone groups is 1. The first-order valence-corrected chi connectivity index (χ1v) is 11.0. The van der Waals surface area contributed by atoms with Crippen LogP contribution in [0.15, 0.2) is 63.5 Å². The Labute approximate surface area is 169 Å². The molecule has 0 bridgehead atoms. The van der Waals surface area contributed by atoms with Gasteiger partial charge < -0.3 is 0 Å². The molecule has 0 aromatic carbocycles. The van der Waals surface area contributed by atoms with Gasteiger partial charge in [0, 0.05) is 17.5 Å². The van der Waals surface area contributed by atoms with Crippen LogP contribution in [-0.4, -0.2) is 27.4 Å². The summed E-state index contributed by atoms with van der Waals surface area (Å²) in [6, 6.07) is 13.5. The lowest BCUT2D eigenvalue weighted by Gasteiger charge is -2.20. The van der Waals surface area contributed by atoms with E-state index in [2.05, 4.69) is 16.2 Å². The summed E-state index contributed by atoms with van der Waals surface area (Å²) in [5, 5.41) is 20.0. The highest BCUT2D eigenvalue weighted by molar-refractivity contribution is 7.99. The van der Waals surface area contributed by atoms with Gasteiger partial charge in [0.15, 0.2) is 0 Å². The van der Waals surface area contributed by atoms with Crippen molar-refractivity contribution in [1.29, 1.82) is 5.26 Å². The van der Waals surface area contributed by atoms with Crippen molar-refractivity contribution in [2.24, 2.45) is 5.10 Å². The van der Waals surface area contributed by atoms with Gasteiger partial charge in [-0.15, -0.1) is 22.7 Å². The molecule has 1 aliphatic rings. The zero-order valence-corrected chi connectivity index (χ0v) is 16.6. The molecular weight excluding hydrogens is 396 g/mol. The molecule has 5 nitrogen and oxygen atoms in total. The molecular formula is C19H14N4OS3. The predicted molar refractivity (Wildman–Crippen MR) is 109 cm³/mol. The molecule has 1 aliphatic heterocycles. The zero-order valence-electron chi connectivity index (χ0n) is 14.1. The second-order valence-corrected chi connectivity index (χ2v) is 8.65. The van der Waals surface area contributed by atoms with E-state index in [-0.39, 0.29) is 17.7 Å². The maximum atomic E-state index is 12.9. The number of hydrogen-bond donors (Lipinski definition) is 0. The molecule has 0 radical (unpaired) electrons. The van der Waals surface area contributed by atoms with E-state index in [1.165, 1.54) is 11.8 Å². The second-order valence-electron chi connectivity index (χ2n) is 5.75. The van der Waals surface area contributed by atoms with E-state index in [0.717, 1.165) is 15.5 Å². The number of thiophene rings is 2. The SMILES string of the molecule is N#Cc1cccnc1SCC(=O)N1N=C(c2cccs2)CC1c1cccs1. The molecule has 4 heterocycles. The minimum Gasteiger partial charge on any atom is -0.272 e. The summed E-state index contributed by atoms with van der Waals surface area (Å²) >= 11 is 4.54. The van der Waals surface area contributed by atoms with Crippen molar-refractivity contribution in [3.8, 4) is 6.07 Å². The lowest BCUT2D eigenvalue weighted by molar-refractivity contribution is -0.130. The van der Waals surface area contributed by atoms with Crippen molar-refractivity contribution in [3.63, 3.8) is 0 Å². The fourth-order valence-electron chi connectivity index (χ4n) is 2.82. The number of carbonyl (C=O) groups excluding carboxylic acids is 1. The molecule has 8 heteroatoms. The van der Waals surface area contributed by atoms with E-state index in [1.807, 2.05) is 35.0 Å². The number of rotatable bonds is 5. The van der Waals surface area contributed by atoms with Crippen LogP contribution in [0.2, 0.25) is 0 Å². The number of nitriles is 1. The lowest BCUT2D eigenvalue weighted by Crippen LogP contribution is -2.28. The van der Waals surface area contributed by atoms with Crippen LogP contribution in [0, 0.1) is 11.3 Å². The molecule has 0 fully saturated rings. The molecule has 0 N–H and O–H groups in total. The van der Waals surface area contributed by atoms with Gasteiger partial charge >= 0.3 is 0 Å². The maximum absolute atomic E-state index is 12.9. The van der Waals surface area contributed by atoms with Gasteiger partial charge in [-0.2, -0.15) is 10.4 Å². The molecule has 4 rings (SSSR count). The van der Waals surface area contributed by atoms with E-state index < -0.39 is 0 Å². The molecule has 0 saturated carbocycles. The van der Waals surface area contributed by atoms with Crippen molar-refractivity contribution in [2.45, 2.75) is 17.5 Å². The molecule has 3 aromatic heterocycles. The van der Waals surface area contributed by atoms with E-state index in [4.69, 9.17) is 0 Å². The van der Waals surface area contributed by atoms with E-state index in [9.17, 15) is 10.1 Å². The fraction of sp³-hybridized carbons (Fsp3) is 0.158. The van der Waals surface area contributed by atoms with Gasteiger partial charge in [-0.3, -0.25) is 4.79 Å². The molecule has 0 saturated heterocycles. The Morgan fingerprint density at radius 2 is 2.11 bits per heavy atom. The Morgan fingerprint density at radius 1 is 1.26 bits per heavy atom. The van der Waals surface area contributed by atoms with E-state index >= 15 is 0 Å². The second kappa shape index (κ2) is 8.05.